The number of nitrogens with one attached hydrogen (secondary N) is 1. The first-order valence-corrected chi connectivity index (χ1v) is 10.7. The molecule has 11 heteroatoms. The molecule has 0 saturated heterocycles. The van der Waals surface area contributed by atoms with Gasteiger partial charge in [0.15, 0.2) is 0 Å². The van der Waals surface area contributed by atoms with E-state index in [4.69, 9.17) is 15.3 Å². The summed E-state index contributed by atoms with van der Waals surface area (Å²) in [6.45, 7) is 0.984. The van der Waals surface area contributed by atoms with Crippen molar-refractivity contribution < 1.29 is 13.9 Å². The number of fused-ring (bicyclic) bond motifs is 1. The summed E-state index contributed by atoms with van der Waals surface area (Å²) in [5.41, 5.74) is 4.46. The highest BCUT2D eigenvalue weighted by molar-refractivity contribution is 5.78. The van der Waals surface area contributed by atoms with E-state index in [0.717, 1.165) is 5.56 Å². The van der Waals surface area contributed by atoms with Crippen LogP contribution in [-0.2, 0) is 18.2 Å². The molecule has 4 aromatic heterocycles. The van der Waals surface area contributed by atoms with E-state index in [1.54, 1.807) is 62.0 Å². The van der Waals surface area contributed by atoms with Gasteiger partial charge in [-0.2, -0.15) is 5.10 Å². The average Bonchev–Trinajstić information content (AvgIpc) is 3.27. The molecule has 4 rings (SSSR count). The Bertz CT molecular complexity index is 1340. The van der Waals surface area contributed by atoms with E-state index in [1.165, 1.54) is 10.6 Å². The van der Waals surface area contributed by atoms with Gasteiger partial charge in [0.2, 0.25) is 0 Å². The van der Waals surface area contributed by atoms with Gasteiger partial charge in [0, 0.05) is 56.8 Å². The Balaban J connectivity index is 1.63. The number of hydrazine groups is 1. The maximum atomic E-state index is 14.9. The molecule has 34 heavy (non-hydrogen) atoms. The minimum absolute atomic E-state index is 0.159. The van der Waals surface area contributed by atoms with Crippen molar-refractivity contribution in [3.05, 3.63) is 71.0 Å². The van der Waals surface area contributed by atoms with Crippen LogP contribution in [0.4, 0.5) is 4.39 Å². The lowest BCUT2D eigenvalue weighted by Crippen LogP contribution is -2.36. The Labute approximate surface area is 195 Å². The lowest BCUT2D eigenvalue weighted by atomic mass is 10.1. The van der Waals surface area contributed by atoms with Gasteiger partial charge in [-0.25, -0.2) is 4.39 Å². The van der Waals surface area contributed by atoms with Crippen LogP contribution in [0.2, 0.25) is 0 Å². The fourth-order valence-electron chi connectivity index (χ4n) is 3.70. The Morgan fingerprint density at radius 1 is 1.18 bits per heavy atom. The van der Waals surface area contributed by atoms with Crippen LogP contribution in [-0.4, -0.2) is 51.2 Å². The molecule has 0 aromatic carbocycles. The lowest BCUT2D eigenvalue weighted by Gasteiger charge is -2.20. The zero-order chi connectivity index (χ0) is 24.1. The van der Waals surface area contributed by atoms with Crippen molar-refractivity contribution >= 4 is 10.9 Å². The molecule has 0 fully saturated rings. The van der Waals surface area contributed by atoms with Gasteiger partial charge in [0.25, 0.3) is 5.56 Å². The van der Waals surface area contributed by atoms with E-state index in [0.29, 0.717) is 35.4 Å². The molecule has 0 aliphatic heterocycles. The average molecular weight is 468 g/mol. The molecule has 3 N–H and O–H groups in total. The molecular weight excluding hydrogens is 441 g/mol. The Hall–Kier alpha value is -3.67. The smallest absolute Gasteiger partial charge is 0.260 e. The second-order valence-electron chi connectivity index (χ2n) is 7.79. The molecule has 178 valence electrons. The number of methoxy groups -OCH3 is 1. The normalized spacial score (nSPS) is 12.2. The topological polar surface area (TPSA) is 122 Å². The molecule has 1 atom stereocenters. The van der Waals surface area contributed by atoms with Crippen molar-refractivity contribution in [1.29, 1.82) is 0 Å². The molecule has 0 saturated carbocycles. The van der Waals surface area contributed by atoms with Crippen LogP contribution < -0.4 is 21.6 Å². The van der Waals surface area contributed by atoms with E-state index in [-0.39, 0.29) is 24.2 Å². The van der Waals surface area contributed by atoms with Gasteiger partial charge in [-0.15, -0.1) is 0 Å². The predicted octanol–water partition coefficient (Wildman–Crippen LogP) is 1.60. The van der Waals surface area contributed by atoms with Crippen LogP contribution in [0.15, 0.2) is 54.0 Å². The maximum absolute atomic E-state index is 14.9. The van der Waals surface area contributed by atoms with Crippen molar-refractivity contribution in [3.8, 4) is 16.9 Å². The number of ether oxygens (including phenoxy) is 2. The molecule has 0 unspecified atom stereocenters. The van der Waals surface area contributed by atoms with E-state index in [2.05, 4.69) is 20.5 Å². The minimum atomic E-state index is -0.480. The number of hydrogen-bond donors (Lipinski definition) is 2. The number of pyridine rings is 3. The SMILES string of the molecule is COCCOc1cnc2ccn([C@@H](CNN)Cc3ncc(-c4cnn(C)c4)cc3F)c(=O)c2c1. The zero-order valence-electron chi connectivity index (χ0n) is 18.9. The van der Waals surface area contributed by atoms with Crippen molar-refractivity contribution in [2.24, 2.45) is 12.9 Å². The van der Waals surface area contributed by atoms with Crippen molar-refractivity contribution in [1.82, 2.24) is 29.7 Å². The first-order chi connectivity index (χ1) is 16.5. The highest BCUT2D eigenvalue weighted by Crippen LogP contribution is 2.22. The predicted molar refractivity (Wildman–Crippen MR) is 125 cm³/mol. The molecule has 10 nitrogen and oxygen atoms in total. The molecule has 4 heterocycles. The molecule has 0 aliphatic carbocycles. The second-order valence-corrected chi connectivity index (χ2v) is 7.79. The Morgan fingerprint density at radius 3 is 2.74 bits per heavy atom. The highest BCUT2D eigenvalue weighted by atomic mass is 19.1. The standard InChI is InChI=1S/C23H26FN7O3/c1-30-14-16(11-29-30)15-7-20(24)22(26-10-15)8-17(12-28-25)31-4-3-21-19(23(31)32)9-18(13-27-21)34-6-5-33-2/h3-4,7,9-11,13-14,17,28H,5-6,8,12,25H2,1-2H3/t17-/m1/s1. The van der Waals surface area contributed by atoms with Gasteiger partial charge in [-0.05, 0) is 18.2 Å². The summed E-state index contributed by atoms with van der Waals surface area (Å²) in [6, 6.07) is 4.31. The number of halogens is 1. The number of nitrogens with two attached hydrogens (primary N) is 1. The third-order valence-electron chi connectivity index (χ3n) is 5.44. The summed E-state index contributed by atoms with van der Waals surface area (Å²) in [5.74, 6) is 5.58. The van der Waals surface area contributed by atoms with Crippen LogP contribution in [0.25, 0.3) is 22.0 Å². The van der Waals surface area contributed by atoms with Crippen LogP contribution >= 0.6 is 0 Å². The van der Waals surface area contributed by atoms with Gasteiger partial charge in [-0.1, -0.05) is 0 Å². The van der Waals surface area contributed by atoms with Crippen molar-refractivity contribution in [2.45, 2.75) is 12.5 Å². The summed E-state index contributed by atoms with van der Waals surface area (Å²) >= 11 is 0. The summed E-state index contributed by atoms with van der Waals surface area (Å²) < 4.78 is 28.7. The molecule has 0 aliphatic rings. The first kappa shape index (κ1) is 23.5. The number of hydrogen-bond acceptors (Lipinski definition) is 8. The van der Waals surface area contributed by atoms with Gasteiger partial charge < -0.3 is 14.0 Å². The number of rotatable bonds is 10. The summed E-state index contributed by atoms with van der Waals surface area (Å²) in [4.78, 5) is 21.9. The van der Waals surface area contributed by atoms with Gasteiger partial charge in [-0.3, -0.25) is 30.7 Å². The van der Waals surface area contributed by atoms with Crippen molar-refractivity contribution in [2.75, 3.05) is 26.9 Å². The largest absolute Gasteiger partial charge is 0.490 e. The van der Waals surface area contributed by atoms with E-state index in [9.17, 15) is 9.18 Å². The fraction of sp³-hybridized carbons (Fsp3) is 0.304. The molecule has 0 amide bonds. The third-order valence-corrected chi connectivity index (χ3v) is 5.44. The van der Waals surface area contributed by atoms with Gasteiger partial charge >= 0.3 is 0 Å². The quantitative estimate of drug-likeness (QED) is 0.205. The lowest BCUT2D eigenvalue weighted by molar-refractivity contribution is 0.146. The number of aromatic nitrogens is 5. The monoisotopic (exact) mass is 467 g/mol. The van der Waals surface area contributed by atoms with Crippen LogP contribution in [0.3, 0.4) is 0 Å². The van der Waals surface area contributed by atoms with Crippen LogP contribution in [0.1, 0.15) is 11.7 Å². The summed E-state index contributed by atoms with van der Waals surface area (Å²) in [7, 11) is 3.37. The van der Waals surface area contributed by atoms with E-state index >= 15 is 0 Å². The fourth-order valence-corrected chi connectivity index (χ4v) is 3.70. The van der Waals surface area contributed by atoms with E-state index in [1.807, 2.05) is 0 Å². The third kappa shape index (κ3) is 5.11. The van der Waals surface area contributed by atoms with Crippen LogP contribution in [0.5, 0.6) is 5.75 Å². The molecule has 0 radical (unpaired) electrons. The zero-order valence-corrected chi connectivity index (χ0v) is 18.9. The Kier molecular flexibility index (Phi) is 7.26. The highest BCUT2D eigenvalue weighted by Gasteiger charge is 2.19. The molecular formula is C23H26FN7O3. The number of aryl methyl sites for hydroxylation is 1. The Morgan fingerprint density at radius 2 is 2.03 bits per heavy atom. The van der Waals surface area contributed by atoms with Crippen molar-refractivity contribution in [3.63, 3.8) is 0 Å². The molecule has 0 spiro atoms. The number of nitrogens with zero attached hydrogens (tertiary/aromatic N) is 5. The first-order valence-electron chi connectivity index (χ1n) is 10.7. The molecule has 4 aromatic rings. The van der Waals surface area contributed by atoms with Crippen LogP contribution in [0, 0.1) is 5.82 Å². The minimum Gasteiger partial charge on any atom is -0.490 e. The van der Waals surface area contributed by atoms with Gasteiger partial charge in [0.05, 0.1) is 41.6 Å². The molecule has 0 bridgehead atoms. The van der Waals surface area contributed by atoms with E-state index < -0.39 is 11.9 Å². The summed E-state index contributed by atoms with van der Waals surface area (Å²) in [5, 5.41) is 4.49. The second kappa shape index (κ2) is 10.5. The maximum Gasteiger partial charge on any atom is 0.260 e. The summed E-state index contributed by atoms with van der Waals surface area (Å²) in [6.07, 6.45) is 8.38. The van der Waals surface area contributed by atoms with Gasteiger partial charge in [0.1, 0.15) is 18.2 Å².